The van der Waals surface area contributed by atoms with Gasteiger partial charge < -0.3 is 10.5 Å². The minimum atomic E-state index is -0.210. The summed E-state index contributed by atoms with van der Waals surface area (Å²) in [4.78, 5) is 0. The second-order valence-corrected chi connectivity index (χ2v) is 5.99. The van der Waals surface area contributed by atoms with Crippen molar-refractivity contribution >= 4 is 15.9 Å². The number of rotatable bonds is 3. The van der Waals surface area contributed by atoms with E-state index in [2.05, 4.69) is 61.0 Å². The monoisotopic (exact) mass is 333 g/mol. The Balaban J connectivity index is 2.56. The van der Waals surface area contributed by atoms with Crippen molar-refractivity contribution < 1.29 is 4.74 Å². The zero-order valence-corrected chi connectivity index (χ0v) is 13.9. The van der Waals surface area contributed by atoms with Crippen LogP contribution in [0.1, 0.15) is 33.9 Å². The highest BCUT2D eigenvalue weighted by Crippen LogP contribution is 2.35. The fourth-order valence-electron chi connectivity index (χ4n) is 2.40. The van der Waals surface area contributed by atoms with E-state index in [0.717, 1.165) is 26.9 Å². The lowest BCUT2D eigenvalue weighted by Gasteiger charge is -2.20. The fourth-order valence-corrected chi connectivity index (χ4v) is 2.89. The maximum Gasteiger partial charge on any atom is 0.127 e. The van der Waals surface area contributed by atoms with Crippen molar-refractivity contribution in [3.8, 4) is 5.75 Å². The van der Waals surface area contributed by atoms with Gasteiger partial charge in [0.05, 0.1) is 13.2 Å². The summed E-state index contributed by atoms with van der Waals surface area (Å²) in [6, 6.07) is 10.2. The van der Waals surface area contributed by atoms with Crippen LogP contribution < -0.4 is 10.5 Å². The quantitative estimate of drug-likeness (QED) is 0.901. The van der Waals surface area contributed by atoms with Crippen molar-refractivity contribution in [2.24, 2.45) is 5.73 Å². The van der Waals surface area contributed by atoms with Gasteiger partial charge in [-0.1, -0.05) is 45.8 Å². The molecule has 2 rings (SSSR count). The Morgan fingerprint density at radius 3 is 2.40 bits per heavy atom. The summed E-state index contributed by atoms with van der Waals surface area (Å²) in [5.74, 6) is 0.880. The maximum atomic E-state index is 6.47. The molecule has 3 heteroatoms. The van der Waals surface area contributed by atoms with Crippen molar-refractivity contribution in [1.29, 1.82) is 0 Å². The van der Waals surface area contributed by atoms with Crippen molar-refractivity contribution in [2.45, 2.75) is 26.8 Å². The molecule has 0 aliphatic heterocycles. The van der Waals surface area contributed by atoms with Gasteiger partial charge in [-0.3, -0.25) is 0 Å². The summed E-state index contributed by atoms with van der Waals surface area (Å²) in [6.07, 6.45) is 0. The van der Waals surface area contributed by atoms with E-state index in [-0.39, 0.29) is 6.04 Å². The van der Waals surface area contributed by atoms with Crippen molar-refractivity contribution in [3.63, 3.8) is 0 Å². The highest BCUT2D eigenvalue weighted by molar-refractivity contribution is 9.10. The van der Waals surface area contributed by atoms with E-state index in [1.807, 2.05) is 6.07 Å². The number of benzene rings is 2. The smallest absolute Gasteiger partial charge is 0.127 e. The molecule has 1 atom stereocenters. The summed E-state index contributed by atoms with van der Waals surface area (Å²) in [5.41, 5.74) is 12.1. The molecule has 0 saturated heterocycles. The normalized spacial score (nSPS) is 12.3. The van der Waals surface area contributed by atoms with E-state index >= 15 is 0 Å². The molecule has 1 unspecified atom stereocenters. The number of halogens is 1. The number of methoxy groups -OCH3 is 1. The lowest BCUT2D eigenvalue weighted by molar-refractivity contribution is 0.404. The Morgan fingerprint density at radius 2 is 1.75 bits per heavy atom. The standard InChI is InChI=1S/C17H20BrNO/c1-10-5-8-15(18)14(9-10)16(19)13-7-6-11(2)12(3)17(13)20-4/h5-9,16H,19H2,1-4H3. The second kappa shape index (κ2) is 5.98. The van der Waals surface area contributed by atoms with Crippen LogP contribution in [-0.4, -0.2) is 7.11 Å². The van der Waals surface area contributed by atoms with Gasteiger partial charge in [-0.15, -0.1) is 0 Å². The van der Waals surface area contributed by atoms with E-state index in [0.29, 0.717) is 0 Å². The molecule has 0 amide bonds. The van der Waals surface area contributed by atoms with Gasteiger partial charge >= 0.3 is 0 Å². The molecule has 0 aromatic heterocycles. The Labute approximate surface area is 129 Å². The van der Waals surface area contributed by atoms with Gasteiger partial charge in [-0.2, -0.15) is 0 Å². The van der Waals surface area contributed by atoms with Crippen LogP contribution in [0, 0.1) is 20.8 Å². The predicted octanol–water partition coefficient (Wildman–Crippen LogP) is 4.43. The lowest BCUT2D eigenvalue weighted by Crippen LogP contribution is -2.14. The van der Waals surface area contributed by atoms with Crippen LogP contribution in [0.2, 0.25) is 0 Å². The lowest BCUT2D eigenvalue weighted by atomic mass is 9.94. The van der Waals surface area contributed by atoms with Crippen LogP contribution in [0.25, 0.3) is 0 Å². The summed E-state index contributed by atoms with van der Waals surface area (Å²) >= 11 is 3.59. The molecule has 0 aliphatic rings. The average molecular weight is 334 g/mol. The average Bonchev–Trinajstić information content (AvgIpc) is 2.43. The number of aryl methyl sites for hydroxylation is 2. The molecular formula is C17H20BrNO. The SMILES string of the molecule is COc1c(C(N)c2cc(C)ccc2Br)ccc(C)c1C. The summed E-state index contributed by atoms with van der Waals surface area (Å²) in [5, 5.41) is 0. The molecule has 106 valence electrons. The summed E-state index contributed by atoms with van der Waals surface area (Å²) in [6.45, 7) is 6.21. The highest BCUT2D eigenvalue weighted by atomic mass is 79.9. The molecule has 0 radical (unpaired) electrons. The van der Waals surface area contributed by atoms with Gasteiger partial charge in [-0.25, -0.2) is 0 Å². The third-order valence-corrected chi connectivity index (χ3v) is 4.46. The summed E-state index contributed by atoms with van der Waals surface area (Å²) < 4.78 is 6.60. The van der Waals surface area contributed by atoms with Gasteiger partial charge in [0.25, 0.3) is 0 Å². The van der Waals surface area contributed by atoms with E-state index in [9.17, 15) is 0 Å². The minimum Gasteiger partial charge on any atom is -0.496 e. The fraction of sp³-hybridized carbons (Fsp3) is 0.294. The van der Waals surface area contributed by atoms with E-state index in [1.165, 1.54) is 11.1 Å². The van der Waals surface area contributed by atoms with Gasteiger partial charge in [0.1, 0.15) is 5.75 Å². The first-order chi connectivity index (χ1) is 9.45. The van der Waals surface area contributed by atoms with E-state index < -0.39 is 0 Å². The predicted molar refractivity (Wildman–Crippen MR) is 87.4 cm³/mol. The Bertz CT molecular complexity index is 637. The molecule has 20 heavy (non-hydrogen) atoms. The number of hydrogen-bond acceptors (Lipinski definition) is 2. The van der Waals surface area contributed by atoms with Gasteiger partial charge in [0, 0.05) is 10.0 Å². The molecule has 2 N–H and O–H groups in total. The molecule has 0 spiro atoms. The van der Waals surface area contributed by atoms with Crippen molar-refractivity contribution in [1.82, 2.24) is 0 Å². The number of hydrogen-bond donors (Lipinski definition) is 1. The second-order valence-electron chi connectivity index (χ2n) is 5.13. The van der Waals surface area contributed by atoms with Crippen molar-refractivity contribution in [3.05, 3.63) is 62.6 Å². The van der Waals surface area contributed by atoms with Crippen LogP contribution in [-0.2, 0) is 0 Å². The molecule has 0 fully saturated rings. The topological polar surface area (TPSA) is 35.2 Å². The Kier molecular flexibility index (Phi) is 4.51. The van der Waals surface area contributed by atoms with E-state index in [4.69, 9.17) is 10.5 Å². The van der Waals surface area contributed by atoms with Crippen LogP contribution in [0.5, 0.6) is 5.75 Å². The van der Waals surface area contributed by atoms with Crippen molar-refractivity contribution in [2.75, 3.05) is 7.11 Å². The number of ether oxygens (including phenoxy) is 1. The van der Waals surface area contributed by atoms with Gasteiger partial charge in [0.15, 0.2) is 0 Å². The molecule has 0 bridgehead atoms. The molecule has 0 saturated carbocycles. The first-order valence-electron chi connectivity index (χ1n) is 6.61. The van der Waals surface area contributed by atoms with Crippen LogP contribution in [0.3, 0.4) is 0 Å². The van der Waals surface area contributed by atoms with Gasteiger partial charge in [0.2, 0.25) is 0 Å². The molecule has 2 aromatic carbocycles. The molecule has 2 nitrogen and oxygen atoms in total. The third kappa shape index (κ3) is 2.74. The van der Waals surface area contributed by atoms with Crippen LogP contribution >= 0.6 is 15.9 Å². The molecule has 2 aromatic rings. The summed E-state index contributed by atoms with van der Waals surface area (Å²) in [7, 11) is 1.70. The largest absolute Gasteiger partial charge is 0.496 e. The molecule has 0 aliphatic carbocycles. The maximum absolute atomic E-state index is 6.47. The Hall–Kier alpha value is -1.32. The van der Waals surface area contributed by atoms with Gasteiger partial charge in [-0.05, 0) is 43.5 Å². The van der Waals surface area contributed by atoms with Crippen LogP contribution in [0.15, 0.2) is 34.8 Å². The zero-order chi connectivity index (χ0) is 14.9. The first kappa shape index (κ1) is 15.1. The third-order valence-electron chi connectivity index (χ3n) is 3.73. The molecular weight excluding hydrogens is 314 g/mol. The minimum absolute atomic E-state index is 0.210. The van der Waals surface area contributed by atoms with Crippen LogP contribution in [0.4, 0.5) is 0 Å². The van der Waals surface area contributed by atoms with E-state index in [1.54, 1.807) is 7.11 Å². The number of nitrogens with two attached hydrogens (primary N) is 1. The highest BCUT2D eigenvalue weighted by Gasteiger charge is 2.18. The zero-order valence-electron chi connectivity index (χ0n) is 12.3. The Morgan fingerprint density at radius 1 is 1.05 bits per heavy atom. The first-order valence-corrected chi connectivity index (χ1v) is 7.40. The molecule has 0 heterocycles.